The van der Waals surface area contributed by atoms with E-state index < -0.39 is 15.1 Å². The Morgan fingerprint density at radius 1 is 1.24 bits per heavy atom. The monoisotopic (exact) mass is 256 g/mol. The Kier molecular flexibility index (Phi) is 4.54. The van der Waals surface area contributed by atoms with Gasteiger partial charge in [0.1, 0.15) is 0 Å². The number of nitrogens with two attached hydrogens (primary N) is 1. The van der Waals surface area contributed by atoms with E-state index in [0.29, 0.717) is 11.4 Å². The van der Waals surface area contributed by atoms with Crippen LogP contribution in [0.3, 0.4) is 0 Å². The van der Waals surface area contributed by atoms with Gasteiger partial charge >= 0.3 is 0 Å². The van der Waals surface area contributed by atoms with Crippen LogP contribution in [0.2, 0.25) is 0 Å². The van der Waals surface area contributed by atoms with Crippen LogP contribution in [-0.2, 0) is 9.84 Å². The first kappa shape index (κ1) is 14.0. The van der Waals surface area contributed by atoms with Gasteiger partial charge < -0.3 is 10.6 Å². The SMILES string of the molecule is CC(C)S(=O)(=O)c1ccc(N(C)CCN)cc1. The number of rotatable bonds is 5. The molecule has 0 saturated carbocycles. The van der Waals surface area contributed by atoms with Crippen LogP contribution in [0.25, 0.3) is 0 Å². The zero-order chi connectivity index (χ0) is 13.1. The largest absolute Gasteiger partial charge is 0.373 e. The van der Waals surface area contributed by atoms with Gasteiger partial charge in [-0.2, -0.15) is 0 Å². The van der Waals surface area contributed by atoms with Crippen molar-refractivity contribution in [3.05, 3.63) is 24.3 Å². The van der Waals surface area contributed by atoms with Gasteiger partial charge in [0.2, 0.25) is 0 Å². The van der Waals surface area contributed by atoms with Gasteiger partial charge in [0, 0.05) is 25.8 Å². The molecule has 0 saturated heterocycles. The van der Waals surface area contributed by atoms with E-state index in [0.717, 1.165) is 12.2 Å². The van der Waals surface area contributed by atoms with Crippen LogP contribution >= 0.6 is 0 Å². The van der Waals surface area contributed by atoms with E-state index >= 15 is 0 Å². The van der Waals surface area contributed by atoms with Crippen LogP contribution in [0.5, 0.6) is 0 Å². The van der Waals surface area contributed by atoms with Crippen molar-refractivity contribution in [2.24, 2.45) is 5.73 Å². The van der Waals surface area contributed by atoms with E-state index in [1.165, 1.54) is 0 Å². The normalized spacial score (nSPS) is 11.8. The van der Waals surface area contributed by atoms with Crippen molar-refractivity contribution in [3.8, 4) is 0 Å². The summed E-state index contributed by atoms with van der Waals surface area (Å²) in [6.45, 7) is 4.69. The van der Waals surface area contributed by atoms with Crippen molar-refractivity contribution in [1.82, 2.24) is 0 Å². The van der Waals surface area contributed by atoms with Gasteiger partial charge in [-0.15, -0.1) is 0 Å². The molecule has 0 amide bonds. The molecule has 0 heterocycles. The Labute approximate surface area is 103 Å². The summed E-state index contributed by atoms with van der Waals surface area (Å²) in [6, 6.07) is 6.92. The first-order valence-electron chi connectivity index (χ1n) is 5.64. The minimum Gasteiger partial charge on any atom is -0.373 e. The molecular formula is C12H20N2O2S. The molecule has 4 nitrogen and oxygen atoms in total. The Hall–Kier alpha value is -1.07. The highest BCUT2D eigenvalue weighted by Gasteiger charge is 2.18. The van der Waals surface area contributed by atoms with Crippen molar-refractivity contribution in [2.45, 2.75) is 24.0 Å². The van der Waals surface area contributed by atoms with Crippen molar-refractivity contribution in [2.75, 3.05) is 25.0 Å². The van der Waals surface area contributed by atoms with Gasteiger partial charge in [0.05, 0.1) is 10.1 Å². The lowest BCUT2D eigenvalue weighted by molar-refractivity contribution is 0.587. The molecule has 96 valence electrons. The molecule has 0 aliphatic heterocycles. The van der Waals surface area contributed by atoms with Gasteiger partial charge in [-0.1, -0.05) is 0 Å². The highest BCUT2D eigenvalue weighted by Crippen LogP contribution is 2.20. The average Bonchev–Trinajstić information content (AvgIpc) is 2.29. The van der Waals surface area contributed by atoms with Crippen molar-refractivity contribution in [1.29, 1.82) is 0 Å². The summed E-state index contributed by atoms with van der Waals surface area (Å²) in [7, 11) is -1.25. The highest BCUT2D eigenvalue weighted by atomic mass is 32.2. The van der Waals surface area contributed by atoms with Gasteiger partial charge in [0.15, 0.2) is 9.84 Å². The molecule has 17 heavy (non-hydrogen) atoms. The first-order chi connectivity index (χ1) is 7.89. The number of hydrogen-bond acceptors (Lipinski definition) is 4. The smallest absolute Gasteiger partial charge is 0.180 e. The lowest BCUT2D eigenvalue weighted by Crippen LogP contribution is -2.25. The molecule has 0 spiro atoms. The molecule has 0 bridgehead atoms. The van der Waals surface area contributed by atoms with E-state index in [2.05, 4.69) is 0 Å². The third kappa shape index (κ3) is 3.20. The van der Waals surface area contributed by atoms with Crippen LogP contribution in [0.15, 0.2) is 29.2 Å². The lowest BCUT2D eigenvalue weighted by Gasteiger charge is -2.18. The molecule has 0 radical (unpaired) electrons. The molecule has 2 N–H and O–H groups in total. The van der Waals surface area contributed by atoms with Gasteiger partial charge in [-0.25, -0.2) is 8.42 Å². The quantitative estimate of drug-likeness (QED) is 0.861. The maximum atomic E-state index is 11.9. The number of anilines is 1. The number of likely N-dealkylation sites (N-methyl/N-ethyl adjacent to an activating group) is 1. The van der Waals surface area contributed by atoms with Crippen LogP contribution in [-0.4, -0.2) is 33.8 Å². The van der Waals surface area contributed by atoms with Crippen molar-refractivity contribution in [3.63, 3.8) is 0 Å². The number of nitrogens with zero attached hydrogens (tertiary/aromatic N) is 1. The van der Waals surface area contributed by atoms with E-state index in [4.69, 9.17) is 5.73 Å². The maximum absolute atomic E-state index is 11.9. The fourth-order valence-electron chi connectivity index (χ4n) is 1.49. The maximum Gasteiger partial charge on any atom is 0.180 e. The van der Waals surface area contributed by atoms with Crippen LogP contribution in [0.4, 0.5) is 5.69 Å². The molecular weight excluding hydrogens is 236 g/mol. The fraction of sp³-hybridized carbons (Fsp3) is 0.500. The molecule has 0 aliphatic carbocycles. The van der Waals surface area contributed by atoms with E-state index in [1.54, 1.807) is 26.0 Å². The molecule has 5 heteroatoms. The topological polar surface area (TPSA) is 63.4 Å². The minimum absolute atomic E-state index is 0.373. The summed E-state index contributed by atoms with van der Waals surface area (Å²) < 4.78 is 23.8. The van der Waals surface area contributed by atoms with Crippen molar-refractivity contribution < 1.29 is 8.42 Å². The predicted molar refractivity (Wildman–Crippen MR) is 71.1 cm³/mol. The van der Waals surface area contributed by atoms with E-state index in [9.17, 15) is 8.42 Å². The number of sulfone groups is 1. The van der Waals surface area contributed by atoms with E-state index in [-0.39, 0.29) is 0 Å². The van der Waals surface area contributed by atoms with Crippen LogP contribution in [0, 0.1) is 0 Å². The van der Waals surface area contributed by atoms with Gasteiger partial charge in [-0.05, 0) is 38.1 Å². The second-order valence-electron chi connectivity index (χ2n) is 4.30. The molecule has 1 aromatic rings. The summed E-state index contributed by atoms with van der Waals surface area (Å²) in [6.07, 6.45) is 0. The lowest BCUT2D eigenvalue weighted by atomic mass is 10.3. The molecule has 0 aliphatic rings. The van der Waals surface area contributed by atoms with Gasteiger partial charge in [0.25, 0.3) is 0 Å². The molecule has 1 aromatic carbocycles. The molecule has 0 aromatic heterocycles. The van der Waals surface area contributed by atoms with Crippen LogP contribution in [0.1, 0.15) is 13.8 Å². The molecule has 1 rings (SSSR count). The summed E-state index contributed by atoms with van der Waals surface area (Å²) in [5.41, 5.74) is 6.44. The highest BCUT2D eigenvalue weighted by molar-refractivity contribution is 7.92. The van der Waals surface area contributed by atoms with Gasteiger partial charge in [-0.3, -0.25) is 0 Å². The zero-order valence-corrected chi connectivity index (χ0v) is 11.4. The summed E-state index contributed by atoms with van der Waals surface area (Å²) >= 11 is 0. The first-order valence-corrected chi connectivity index (χ1v) is 7.19. The standard InChI is InChI=1S/C12H20N2O2S/c1-10(2)17(15,16)12-6-4-11(5-7-12)14(3)9-8-13/h4-7,10H,8-9,13H2,1-3H3. The number of hydrogen-bond donors (Lipinski definition) is 1. The second-order valence-corrected chi connectivity index (χ2v) is 6.80. The average molecular weight is 256 g/mol. The third-order valence-corrected chi connectivity index (χ3v) is 4.86. The van der Waals surface area contributed by atoms with E-state index in [1.807, 2.05) is 24.1 Å². The summed E-state index contributed by atoms with van der Waals surface area (Å²) in [5, 5.41) is -0.393. The molecule has 0 unspecified atom stereocenters. The molecule has 0 fully saturated rings. The second kappa shape index (κ2) is 5.51. The van der Waals surface area contributed by atoms with Crippen molar-refractivity contribution >= 4 is 15.5 Å². The Balaban J connectivity index is 2.96. The Morgan fingerprint density at radius 2 is 1.76 bits per heavy atom. The fourth-order valence-corrected chi connectivity index (χ4v) is 2.54. The Morgan fingerprint density at radius 3 is 2.18 bits per heavy atom. The Bertz CT molecular complexity index is 452. The summed E-state index contributed by atoms with van der Waals surface area (Å²) in [4.78, 5) is 2.36. The minimum atomic E-state index is -3.17. The summed E-state index contributed by atoms with van der Waals surface area (Å²) in [5.74, 6) is 0. The zero-order valence-electron chi connectivity index (χ0n) is 10.6. The third-order valence-electron chi connectivity index (χ3n) is 2.69. The molecule has 0 atom stereocenters. The predicted octanol–water partition coefficient (Wildman–Crippen LogP) is 1.26. The van der Waals surface area contributed by atoms with Crippen LogP contribution < -0.4 is 10.6 Å². The number of benzene rings is 1.